The average Bonchev–Trinajstić information content (AvgIpc) is 3.23. The summed E-state index contributed by atoms with van der Waals surface area (Å²) in [6, 6.07) is 9.04. The number of esters is 1. The van der Waals surface area contributed by atoms with Crippen LogP contribution in [0, 0.1) is 19.8 Å². The van der Waals surface area contributed by atoms with Crippen LogP contribution in [0.25, 0.3) is 0 Å². The maximum absolute atomic E-state index is 12.3. The third-order valence-corrected chi connectivity index (χ3v) is 4.50. The van der Waals surface area contributed by atoms with Gasteiger partial charge in [-0.3, -0.25) is 14.4 Å². The van der Waals surface area contributed by atoms with Crippen LogP contribution in [0.15, 0.2) is 41.0 Å². The molecular weight excluding hydrogens is 334 g/mol. The monoisotopic (exact) mass is 355 g/mol. The van der Waals surface area contributed by atoms with Crippen molar-refractivity contribution < 1.29 is 23.5 Å². The first kappa shape index (κ1) is 17.9. The zero-order valence-electron chi connectivity index (χ0n) is 14.9. The lowest BCUT2D eigenvalue weighted by molar-refractivity contribution is -0.147. The highest BCUT2D eigenvalue weighted by Gasteiger charge is 2.35. The molecule has 1 aromatic heterocycles. The third kappa shape index (κ3) is 4.02. The van der Waals surface area contributed by atoms with Gasteiger partial charge in [0, 0.05) is 18.5 Å². The summed E-state index contributed by atoms with van der Waals surface area (Å²) in [7, 11) is 0. The Balaban J connectivity index is 1.53. The van der Waals surface area contributed by atoms with Gasteiger partial charge < -0.3 is 14.1 Å². The van der Waals surface area contributed by atoms with E-state index in [1.165, 1.54) is 0 Å². The van der Waals surface area contributed by atoms with Crippen molar-refractivity contribution in [3.63, 3.8) is 0 Å². The molecule has 0 aliphatic carbocycles. The number of nitrogens with zero attached hydrogens (tertiary/aromatic N) is 1. The molecule has 1 amide bonds. The highest BCUT2D eigenvalue weighted by atomic mass is 16.5. The number of ether oxygens (including phenoxy) is 1. The van der Waals surface area contributed by atoms with E-state index in [4.69, 9.17) is 9.15 Å². The summed E-state index contributed by atoms with van der Waals surface area (Å²) in [5.41, 5.74) is 2.47. The lowest BCUT2D eigenvalue weighted by atomic mass is 10.0. The quantitative estimate of drug-likeness (QED) is 0.588. The SMILES string of the molecule is Cc1ccc(C(=O)COC(=O)[C@@H]2CC(=O)N(Cc3ccco3)C2)c(C)c1. The molecule has 6 nitrogen and oxygen atoms in total. The number of ketones is 1. The predicted octanol–water partition coefficient (Wildman–Crippen LogP) is 2.67. The summed E-state index contributed by atoms with van der Waals surface area (Å²) in [6.45, 7) is 4.09. The highest BCUT2D eigenvalue weighted by molar-refractivity contribution is 5.99. The molecule has 0 N–H and O–H groups in total. The van der Waals surface area contributed by atoms with Gasteiger partial charge in [0.25, 0.3) is 0 Å². The number of aryl methyl sites for hydroxylation is 2. The molecule has 26 heavy (non-hydrogen) atoms. The van der Waals surface area contributed by atoms with E-state index in [1.54, 1.807) is 29.4 Å². The molecule has 1 aliphatic rings. The van der Waals surface area contributed by atoms with Crippen LogP contribution < -0.4 is 0 Å². The number of carbonyl (C=O) groups excluding carboxylic acids is 3. The first-order chi connectivity index (χ1) is 12.4. The van der Waals surface area contributed by atoms with Crippen LogP contribution in [0.1, 0.15) is 33.7 Å². The number of hydrogen-bond donors (Lipinski definition) is 0. The molecule has 1 saturated heterocycles. The van der Waals surface area contributed by atoms with E-state index in [1.807, 2.05) is 26.0 Å². The topological polar surface area (TPSA) is 76.8 Å². The van der Waals surface area contributed by atoms with E-state index in [9.17, 15) is 14.4 Å². The zero-order valence-corrected chi connectivity index (χ0v) is 14.9. The molecule has 6 heteroatoms. The number of carbonyl (C=O) groups is 3. The fourth-order valence-electron chi connectivity index (χ4n) is 3.13. The number of likely N-dealkylation sites (tertiary alicyclic amines) is 1. The molecule has 136 valence electrons. The molecule has 3 rings (SSSR count). The van der Waals surface area contributed by atoms with Crippen molar-refractivity contribution in [3.05, 3.63) is 59.0 Å². The minimum Gasteiger partial charge on any atom is -0.467 e. The Morgan fingerprint density at radius 2 is 2.08 bits per heavy atom. The van der Waals surface area contributed by atoms with Crippen LogP contribution in [-0.2, 0) is 20.9 Å². The second-order valence-corrected chi connectivity index (χ2v) is 6.60. The smallest absolute Gasteiger partial charge is 0.311 e. The van der Waals surface area contributed by atoms with Gasteiger partial charge in [-0.15, -0.1) is 0 Å². The first-order valence-corrected chi connectivity index (χ1v) is 8.51. The number of Topliss-reactive ketones (excluding diaryl/α,β-unsaturated/α-hetero) is 1. The van der Waals surface area contributed by atoms with E-state index in [2.05, 4.69) is 0 Å². The van der Waals surface area contributed by atoms with Gasteiger partial charge >= 0.3 is 5.97 Å². The Morgan fingerprint density at radius 1 is 1.27 bits per heavy atom. The average molecular weight is 355 g/mol. The molecule has 1 aliphatic heterocycles. The Labute approximate surface area is 151 Å². The molecule has 2 aromatic rings. The molecule has 0 radical (unpaired) electrons. The van der Waals surface area contributed by atoms with Crippen LogP contribution in [0.4, 0.5) is 0 Å². The van der Waals surface area contributed by atoms with Crippen molar-refractivity contribution >= 4 is 17.7 Å². The van der Waals surface area contributed by atoms with Crippen molar-refractivity contribution in [2.24, 2.45) is 5.92 Å². The number of hydrogen-bond acceptors (Lipinski definition) is 5. The lowest BCUT2D eigenvalue weighted by Gasteiger charge is -2.14. The van der Waals surface area contributed by atoms with E-state index in [0.717, 1.165) is 11.1 Å². The van der Waals surface area contributed by atoms with E-state index in [0.29, 0.717) is 17.9 Å². The van der Waals surface area contributed by atoms with Gasteiger partial charge in [-0.1, -0.05) is 23.8 Å². The van der Waals surface area contributed by atoms with Crippen molar-refractivity contribution in [3.8, 4) is 0 Å². The van der Waals surface area contributed by atoms with Crippen molar-refractivity contribution in [2.45, 2.75) is 26.8 Å². The minimum absolute atomic E-state index is 0.0945. The van der Waals surface area contributed by atoms with Gasteiger partial charge in [-0.2, -0.15) is 0 Å². The molecule has 0 unspecified atom stereocenters. The number of amides is 1. The molecule has 1 fully saturated rings. The Kier molecular flexibility index (Phi) is 5.21. The zero-order chi connectivity index (χ0) is 18.7. The largest absolute Gasteiger partial charge is 0.467 e. The van der Waals surface area contributed by atoms with Gasteiger partial charge in [0.2, 0.25) is 11.7 Å². The highest BCUT2D eigenvalue weighted by Crippen LogP contribution is 2.22. The summed E-state index contributed by atoms with van der Waals surface area (Å²) in [6.07, 6.45) is 1.64. The molecule has 0 spiro atoms. The van der Waals surface area contributed by atoms with Crippen molar-refractivity contribution in [2.75, 3.05) is 13.2 Å². The summed E-state index contributed by atoms with van der Waals surface area (Å²) in [4.78, 5) is 38.1. The van der Waals surface area contributed by atoms with E-state index in [-0.39, 0.29) is 31.3 Å². The summed E-state index contributed by atoms with van der Waals surface area (Å²) < 4.78 is 10.4. The molecule has 1 atom stereocenters. The van der Waals surface area contributed by atoms with Gasteiger partial charge in [-0.25, -0.2) is 0 Å². The fourth-order valence-corrected chi connectivity index (χ4v) is 3.13. The summed E-state index contributed by atoms with van der Waals surface area (Å²) >= 11 is 0. The number of furan rings is 1. The van der Waals surface area contributed by atoms with Crippen LogP contribution in [0.3, 0.4) is 0 Å². The van der Waals surface area contributed by atoms with E-state index >= 15 is 0 Å². The number of benzene rings is 1. The Bertz CT molecular complexity index is 825. The maximum atomic E-state index is 12.3. The molecule has 1 aromatic carbocycles. The number of rotatable bonds is 6. The standard InChI is InChI=1S/C20H21NO5/c1-13-5-6-17(14(2)8-13)18(22)12-26-20(24)15-9-19(23)21(10-15)11-16-4-3-7-25-16/h3-8,15H,9-12H2,1-2H3/t15-/m1/s1. The van der Waals surface area contributed by atoms with Crippen molar-refractivity contribution in [1.29, 1.82) is 0 Å². The Morgan fingerprint density at radius 3 is 2.77 bits per heavy atom. The summed E-state index contributed by atoms with van der Waals surface area (Å²) in [5.74, 6) is -0.767. The van der Waals surface area contributed by atoms with E-state index < -0.39 is 11.9 Å². The van der Waals surface area contributed by atoms with Gasteiger partial charge in [0.15, 0.2) is 6.61 Å². The normalized spacial score (nSPS) is 16.8. The minimum atomic E-state index is -0.552. The maximum Gasteiger partial charge on any atom is 0.311 e. The van der Waals surface area contributed by atoms with Gasteiger partial charge in [0.1, 0.15) is 5.76 Å². The predicted molar refractivity (Wildman–Crippen MR) is 93.4 cm³/mol. The Hall–Kier alpha value is -2.89. The third-order valence-electron chi connectivity index (χ3n) is 4.50. The van der Waals surface area contributed by atoms with Gasteiger partial charge in [-0.05, 0) is 31.5 Å². The second kappa shape index (κ2) is 7.56. The van der Waals surface area contributed by atoms with Crippen LogP contribution >= 0.6 is 0 Å². The van der Waals surface area contributed by atoms with Crippen LogP contribution in [0.5, 0.6) is 0 Å². The summed E-state index contributed by atoms with van der Waals surface area (Å²) in [5, 5.41) is 0. The molecule has 0 bridgehead atoms. The van der Waals surface area contributed by atoms with Crippen LogP contribution in [-0.4, -0.2) is 35.7 Å². The molecule has 0 saturated carbocycles. The molecular formula is C20H21NO5. The van der Waals surface area contributed by atoms with Crippen LogP contribution in [0.2, 0.25) is 0 Å². The second-order valence-electron chi connectivity index (χ2n) is 6.60. The van der Waals surface area contributed by atoms with Crippen molar-refractivity contribution in [1.82, 2.24) is 4.90 Å². The first-order valence-electron chi connectivity index (χ1n) is 8.51. The fraction of sp³-hybridized carbons (Fsp3) is 0.350. The lowest BCUT2D eigenvalue weighted by Crippen LogP contribution is -2.27. The molecule has 2 heterocycles. The van der Waals surface area contributed by atoms with Gasteiger partial charge in [0.05, 0.1) is 18.7 Å².